The smallest absolute Gasteiger partial charge is 0.122 e. The van der Waals surface area contributed by atoms with E-state index in [2.05, 4.69) is 45.1 Å². The first-order valence-electron chi connectivity index (χ1n) is 7.31. The van der Waals surface area contributed by atoms with Crippen molar-refractivity contribution in [3.8, 4) is 5.75 Å². The van der Waals surface area contributed by atoms with Gasteiger partial charge in [-0.15, -0.1) is 0 Å². The number of para-hydroxylation sites is 1. The molecular weight excluding hydrogens is 234 g/mol. The van der Waals surface area contributed by atoms with Crippen LogP contribution in [0.4, 0.5) is 0 Å². The summed E-state index contributed by atoms with van der Waals surface area (Å²) in [6, 6.07) is 8.84. The molecule has 0 aliphatic rings. The number of methoxy groups -OCH3 is 1. The van der Waals surface area contributed by atoms with Crippen molar-refractivity contribution in [2.75, 3.05) is 13.7 Å². The Morgan fingerprint density at radius 1 is 1.21 bits per heavy atom. The largest absolute Gasteiger partial charge is 0.496 e. The van der Waals surface area contributed by atoms with Gasteiger partial charge in [0.25, 0.3) is 0 Å². The second-order valence-electron chi connectivity index (χ2n) is 6.43. The zero-order valence-corrected chi connectivity index (χ0v) is 13.1. The minimum atomic E-state index is 0.341. The molecule has 0 heterocycles. The fourth-order valence-electron chi connectivity index (χ4n) is 2.44. The molecule has 0 spiro atoms. The van der Waals surface area contributed by atoms with Gasteiger partial charge in [-0.25, -0.2) is 0 Å². The van der Waals surface area contributed by atoms with Gasteiger partial charge in [0.2, 0.25) is 0 Å². The Balaban J connectivity index is 2.75. The number of nitrogens with one attached hydrogen (secondary N) is 1. The molecule has 108 valence electrons. The van der Waals surface area contributed by atoms with Crippen molar-refractivity contribution in [2.24, 2.45) is 5.41 Å². The molecule has 1 atom stereocenters. The van der Waals surface area contributed by atoms with Crippen molar-refractivity contribution in [3.05, 3.63) is 29.8 Å². The number of benzene rings is 1. The first kappa shape index (κ1) is 16.0. The maximum atomic E-state index is 5.45. The second-order valence-corrected chi connectivity index (χ2v) is 6.43. The zero-order chi connectivity index (χ0) is 14.3. The lowest BCUT2D eigenvalue weighted by atomic mass is 9.85. The molecule has 0 radical (unpaired) electrons. The lowest BCUT2D eigenvalue weighted by Crippen LogP contribution is -2.35. The Bertz CT molecular complexity index is 368. The van der Waals surface area contributed by atoms with E-state index in [9.17, 15) is 0 Å². The fraction of sp³-hybridized carbons (Fsp3) is 0.647. The summed E-state index contributed by atoms with van der Waals surface area (Å²) in [5.74, 6) is 1.000. The standard InChI is InChI=1S/C17H29NO/c1-6-11-18-15(13-17(2,3)4)12-14-9-7-8-10-16(14)19-5/h7-10,15,18H,6,11-13H2,1-5H3. The average Bonchev–Trinajstić information content (AvgIpc) is 2.35. The van der Waals surface area contributed by atoms with Gasteiger partial charge in [-0.1, -0.05) is 45.9 Å². The van der Waals surface area contributed by atoms with Gasteiger partial charge in [-0.05, 0) is 42.9 Å². The summed E-state index contributed by atoms with van der Waals surface area (Å²) in [5, 5.41) is 3.67. The number of rotatable bonds is 7. The Kier molecular flexibility index (Phi) is 6.36. The van der Waals surface area contributed by atoms with Crippen molar-refractivity contribution >= 4 is 0 Å². The Morgan fingerprint density at radius 2 is 1.89 bits per heavy atom. The van der Waals surface area contributed by atoms with Crippen LogP contribution in [0.2, 0.25) is 0 Å². The molecular formula is C17H29NO. The summed E-state index contributed by atoms with van der Waals surface area (Å²) in [4.78, 5) is 0. The molecule has 1 N–H and O–H groups in total. The zero-order valence-electron chi connectivity index (χ0n) is 13.1. The fourth-order valence-corrected chi connectivity index (χ4v) is 2.44. The number of hydrogen-bond donors (Lipinski definition) is 1. The molecule has 1 rings (SSSR count). The molecule has 0 saturated carbocycles. The van der Waals surface area contributed by atoms with E-state index in [0.717, 1.165) is 18.7 Å². The number of ether oxygens (including phenoxy) is 1. The van der Waals surface area contributed by atoms with Gasteiger partial charge >= 0.3 is 0 Å². The van der Waals surface area contributed by atoms with E-state index >= 15 is 0 Å². The van der Waals surface area contributed by atoms with E-state index < -0.39 is 0 Å². The van der Waals surface area contributed by atoms with E-state index in [1.807, 2.05) is 12.1 Å². The van der Waals surface area contributed by atoms with Crippen LogP contribution in [0.3, 0.4) is 0 Å². The van der Waals surface area contributed by atoms with Crippen LogP contribution in [0.5, 0.6) is 5.75 Å². The van der Waals surface area contributed by atoms with Crippen molar-refractivity contribution in [2.45, 2.75) is 53.0 Å². The minimum Gasteiger partial charge on any atom is -0.496 e. The highest BCUT2D eigenvalue weighted by Gasteiger charge is 2.19. The molecule has 0 amide bonds. The SMILES string of the molecule is CCCNC(Cc1ccccc1OC)CC(C)(C)C. The minimum absolute atomic E-state index is 0.341. The normalized spacial score (nSPS) is 13.3. The summed E-state index contributed by atoms with van der Waals surface area (Å²) in [5.41, 5.74) is 1.64. The molecule has 0 aliphatic heterocycles. The highest BCUT2D eigenvalue weighted by molar-refractivity contribution is 5.33. The Hall–Kier alpha value is -1.02. The summed E-state index contributed by atoms with van der Waals surface area (Å²) in [6.07, 6.45) is 3.37. The van der Waals surface area contributed by atoms with Gasteiger partial charge in [-0.3, -0.25) is 0 Å². The molecule has 0 saturated heterocycles. The quantitative estimate of drug-likeness (QED) is 0.801. The van der Waals surface area contributed by atoms with Gasteiger partial charge in [0.05, 0.1) is 7.11 Å². The molecule has 2 heteroatoms. The third-order valence-corrected chi connectivity index (χ3v) is 3.20. The van der Waals surface area contributed by atoms with Gasteiger partial charge in [0.1, 0.15) is 5.75 Å². The number of hydrogen-bond acceptors (Lipinski definition) is 2. The third-order valence-electron chi connectivity index (χ3n) is 3.20. The van der Waals surface area contributed by atoms with E-state index in [4.69, 9.17) is 4.74 Å². The van der Waals surface area contributed by atoms with Crippen molar-refractivity contribution in [1.82, 2.24) is 5.32 Å². The van der Waals surface area contributed by atoms with Crippen LogP contribution in [0, 0.1) is 5.41 Å². The van der Waals surface area contributed by atoms with Crippen LogP contribution in [0.1, 0.15) is 46.1 Å². The first-order valence-corrected chi connectivity index (χ1v) is 7.31. The van der Waals surface area contributed by atoms with Crippen LogP contribution < -0.4 is 10.1 Å². The summed E-state index contributed by atoms with van der Waals surface area (Å²) < 4.78 is 5.45. The second kappa shape index (κ2) is 7.54. The van der Waals surface area contributed by atoms with E-state index in [-0.39, 0.29) is 0 Å². The Morgan fingerprint density at radius 3 is 2.47 bits per heavy atom. The van der Waals surface area contributed by atoms with Crippen molar-refractivity contribution in [3.63, 3.8) is 0 Å². The van der Waals surface area contributed by atoms with Gasteiger partial charge in [-0.2, -0.15) is 0 Å². The first-order chi connectivity index (χ1) is 8.96. The molecule has 1 aromatic carbocycles. The molecule has 0 fully saturated rings. The molecule has 2 nitrogen and oxygen atoms in total. The maximum Gasteiger partial charge on any atom is 0.122 e. The molecule has 19 heavy (non-hydrogen) atoms. The lowest BCUT2D eigenvalue weighted by Gasteiger charge is -2.27. The lowest BCUT2D eigenvalue weighted by molar-refractivity contribution is 0.304. The van der Waals surface area contributed by atoms with E-state index in [1.165, 1.54) is 18.4 Å². The molecule has 0 aliphatic carbocycles. The summed E-state index contributed by atoms with van der Waals surface area (Å²) in [6.45, 7) is 10.2. The summed E-state index contributed by atoms with van der Waals surface area (Å²) in [7, 11) is 1.75. The molecule has 1 unspecified atom stereocenters. The van der Waals surface area contributed by atoms with Crippen LogP contribution in [0.15, 0.2) is 24.3 Å². The van der Waals surface area contributed by atoms with Crippen molar-refractivity contribution < 1.29 is 4.74 Å². The molecule has 0 bridgehead atoms. The topological polar surface area (TPSA) is 21.3 Å². The maximum absolute atomic E-state index is 5.45. The highest BCUT2D eigenvalue weighted by Crippen LogP contribution is 2.25. The molecule has 0 aromatic heterocycles. The van der Waals surface area contributed by atoms with Crippen LogP contribution in [0.25, 0.3) is 0 Å². The van der Waals surface area contributed by atoms with E-state index in [0.29, 0.717) is 11.5 Å². The predicted octanol–water partition coefficient (Wildman–Crippen LogP) is 4.04. The highest BCUT2D eigenvalue weighted by atomic mass is 16.5. The third kappa shape index (κ3) is 6.11. The monoisotopic (exact) mass is 263 g/mol. The van der Waals surface area contributed by atoms with Gasteiger partial charge in [0.15, 0.2) is 0 Å². The Labute approximate surface area is 118 Å². The predicted molar refractivity (Wildman–Crippen MR) is 82.9 cm³/mol. The van der Waals surface area contributed by atoms with Crippen LogP contribution in [-0.2, 0) is 6.42 Å². The van der Waals surface area contributed by atoms with Gasteiger partial charge < -0.3 is 10.1 Å². The van der Waals surface area contributed by atoms with Crippen molar-refractivity contribution in [1.29, 1.82) is 0 Å². The van der Waals surface area contributed by atoms with E-state index in [1.54, 1.807) is 7.11 Å². The van der Waals surface area contributed by atoms with Crippen LogP contribution in [-0.4, -0.2) is 19.7 Å². The van der Waals surface area contributed by atoms with Crippen LogP contribution >= 0.6 is 0 Å². The van der Waals surface area contributed by atoms with Gasteiger partial charge in [0, 0.05) is 6.04 Å². The molecule has 1 aromatic rings. The average molecular weight is 263 g/mol. The summed E-state index contributed by atoms with van der Waals surface area (Å²) >= 11 is 0.